The van der Waals surface area contributed by atoms with Crippen LogP contribution in [0.3, 0.4) is 0 Å². The monoisotopic (exact) mass is 390 g/mol. The topological polar surface area (TPSA) is 72.1 Å². The third kappa shape index (κ3) is 3.73. The zero-order chi connectivity index (χ0) is 18.1. The maximum Gasteiger partial charge on any atom is 0.227 e. The number of likely N-dealkylation sites (tertiary alicyclic amines) is 1. The molecule has 1 aliphatic rings. The Kier molecular flexibility index (Phi) is 4.91. The van der Waals surface area contributed by atoms with E-state index in [1.54, 1.807) is 18.3 Å². The maximum atomic E-state index is 12.4. The summed E-state index contributed by atoms with van der Waals surface area (Å²) in [6.07, 6.45) is 2.79. The predicted octanol–water partition coefficient (Wildman–Crippen LogP) is 3.98. The Hall–Kier alpha value is -1.99. The van der Waals surface area contributed by atoms with Crippen molar-refractivity contribution >= 4 is 39.1 Å². The molecule has 1 fully saturated rings. The number of carbonyl (C=O) groups is 1. The van der Waals surface area contributed by atoms with E-state index in [2.05, 4.69) is 10.1 Å². The Balaban J connectivity index is 1.33. The summed E-state index contributed by atoms with van der Waals surface area (Å²) < 4.78 is 6.23. The smallest absolute Gasteiger partial charge is 0.227 e. The van der Waals surface area contributed by atoms with E-state index in [4.69, 9.17) is 21.1 Å². The largest absolute Gasteiger partial charge is 0.343 e. The van der Waals surface area contributed by atoms with Gasteiger partial charge in [-0.3, -0.25) is 4.79 Å². The lowest BCUT2D eigenvalue weighted by atomic mass is 9.97. The van der Waals surface area contributed by atoms with E-state index in [0.717, 1.165) is 41.2 Å². The lowest BCUT2D eigenvalue weighted by molar-refractivity contribution is -0.132. The van der Waals surface area contributed by atoms with Gasteiger partial charge in [-0.2, -0.15) is 4.98 Å². The molecule has 3 aromatic rings. The van der Waals surface area contributed by atoms with Crippen LogP contribution in [0.25, 0.3) is 10.2 Å². The Morgan fingerprint density at radius 3 is 2.88 bits per heavy atom. The Labute approximate surface area is 160 Å². The van der Waals surface area contributed by atoms with Crippen molar-refractivity contribution < 1.29 is 9.32 Å². The van der Waals surface area contributed by atoms with Gasteiger partial charge in [-0.1, -0.05) is 16.8 Å². The molecular weight excluding hydrogens is 372 g/mol. The molecule has 0 unspecified atom stereocenters. The van der Waals surface area contributed by atoms with Crippen LogP contribution >= 0.6 is 22.9 Å². The van der Waals surface area contributed by atoms with Crippen molar-refractivity contribution in [3.8, 4) is 0 Å². The van der Waals surface area contributed by atoms with Gasteiger partial charge in [0, 0.05) is 36.9 Å². The van der Waals surface area contributed by atoms with Crippen LogP contribution in [-0.2, 0) is 11.2 Å². The number of halogens is 1. The van der Waals surface area contributed by atoms with Crippen LogP contribution in [0.2, 0.25) is 5.02 Å². The van der Waals surface area contributed by atoms with Crippen molar-refractivity contribution in [2.75, 3.05) is 13.1 Å². The first kappa shape index (κ1) is 17.4. The van der Waals surface area contributed by atoms with Gasteiger partial charge in [0.2, 0.25) is 11.8 Å². The number of rotatable bonds is 4. The van der Waals surface area contributed by atoms with Gasteiger partial charge in [-0.25, -0.2) is 4.98 Å². The van der Waals surface area contributed by atoms with Gasteiger partial charge < -0.3 is 9.42 Å². The molecule has 4 rings (SSSR count). The Morgan fingerprint density at radius 1 is 1.35 bits per heavy atom. The highest BCUT2D eigenvalue weighted by Gasteiger charge is 2.26. The summed E-state index contributed by atoms with van der Waals surface area (Å²) in [7, 11) is 0. The number of thiazole rings is 1. The van der Waals surface area contributed by atoms with Crippen LogP contribution in [0, 0.1) is 6.92 Å². The summed E-state index contributed by atoms with van der Waals surface area (Å²) >= 11 is 7.78. The number of fused-ring (bicyclic) bond motifs is 1. The molecule has 1 aromatic carbocycles. The number of nitrogens with zero attached hydrogens (tertiary/aromatic N) is 4. The van der Waals surface area contributed by atoms with Crippen LogP contribution < -0.4 is 0 Å². The molecule has 0 aliphatic carbocycles. The van der Waals surface area contributed by atoms with Gasteiger partial charge in [0.1, 0.15) is 0 Å². The fourth-order valence-electron chi connectivity index (χ4n) is 3.28. The highest BCUT2D eigenvalue weighted by Crippen LogP contribution is 2.34. The van der Waals surface area contributed by atoms with Gasteiger partial charge in [0.25, 0.3) is 0 Å². The minimum Gasteiger partial charge on any atom is -0.343 e. The number of piperidine rings is 1. The lowest BCUT2D eigenvalue weighted by Gasteiger charge is -2.31. The standard InChI is InChI=1S/C18H19ClN4O2S/c1-11-20-16(25-22-11)4-5-17(24)23-8-6-12(7-9-23)18-21-14-10-13(19)2-3-15(14)26-18/h2-3,10,12H,4-9H2,1H3. The average molecular weight is 391 g/mol. The van der Waals surface area contributed by atoms with Gasteiger partial charge in [-0.15, -0.1) is 11.3 Å². The van der Waals surface area contributed by atoms with Crippen molar-refractivity contribution in [3.63, 3.8) is 0 Å². The fourth-order valence-corrected chi connectivity index (χ4v) is 4.57. The van der Waals surface area contributed by atoms with Crippen molar-refractivity contribution in [1.82, 2.24) is 20.0 Å². The van der Waals surface area contributed by atoms with E-state index in [9.17, 15) is 4.79 Å². The lowest BCUT2D eigenvalue weighted by Crippen LogP contribution is -2.38. The molecule has 136 valence electrons. The van der Waals surface area contributed by atoms with E-state index in [0.29, 0.717) is 35.5 Å². The second-order valence-electron chi connectivity index (χ2n) is 6.55. The number of amides is 1. The zero-order valence-corrected chi connectivity index (χ0v) is 16.0. The van der Waals surface area contributed by atoms with E-state index in [1.165, 1.54) is 0 Å². The van der Waals surface area contributed by atoms with Gasteiger partial charge in [-0.05, 0) is 38.0 Å². The van der Waals surface area contributed by atoms with Crippen LogP contribution in [0.4, 0.5) is 0 Å². The predicted molar refractivity (Wildman–Crippen MR) is 101 cm³/mol. The van der Waals surface area contributed by atoms with Crippen LogP contribution in [0.15, 0.2) is 22.7 Å². The summed E-state index contributed by atoms with van der Waals surface area (Å²) in [5.74, 6) is 1.69. The number of benzene rings is 1. The summed E-state index contributed by atoms with van der Waals surface area (Å²) in [5.41, 5.74) is 0.964. The number of hydrogen-bond donors (Lipinski definition) is 0. The van der Waals surface area contributed by atoms with Crippen LogP contribution in [-0.4, -0.2) is 39.0 Å². The second kappa shape index (κ2) is 7.32. The molecule has 6 nitrogen and oxygen atoms in total. The molecule has 0 saturated carbocycles. The minimum atomic E-state index is 0.149. The number of hydrogen-bond acceptors (Lipinski definition) is 6. The molecule has 2 aromatic heterocycles. The summed E-state index contributed by atoms with van der Waals surface area (Å²) in [6.45, 7) is 3.31. The Morgan fingerprint density at radius 2 is 2.15 bits per heavy atom. The summed E-state index contributed by atoms with van der Waals surface area (Å²) in [6, 6.07) is 5.84. The molecule has 0 spiro atoms. The van der Waals surface area contributed by atoms with E-state index >= 15 is 0 Å². The molecule has 0 bridgehead atoms. The highest BCUT2D eigenvalue weighted by atomic mass is 35.5. The van der Waals surface area contributed by atoms with E-state index in [1.807, 2.05) is 23.1 Å². The molecule has 1 amide bonds. The minimum absolute atomic E-state index is 0.149. The number of carbonyl (C=O) groups excluding carboxylic acids is 1. The molecule has 3 heterocycles. The van der Waals surface area contributed by atoms with Crippen molar-refractivity contribution in [2.45, 2.75) is 38.5 Å². The third-order valence-corrected chi connectivity index (χ3v) is 6.12. The molecule has 0 N–H and O–H groups in total. The molecule has 1 saturated heterocycles. The fraction of sp³-hybridized carbons (Fsp3) is 0.444. The van der Waals surface area contributed by atoms with E-state index < -0.39 is 0 Å². The molecule has 26 heavy (non-hydrogen) atoms. The Bertz CT molecular complexity index is 930. The first-order chi connectivity index (χ1) is 12.6. The summed E-state index contributed by atoms with van der Waals surface area (Å²) in [5, 5.41) is 5.61. The number of aryl methyl sites for hydroxylation is 2. The number of aromatic nitrogens is 3. The highest BCUT2D eigenvalue weighted by molar-refractivity contribution is 7.18. The third-order valence-electron chi connectivity index (χ3n) is 4.69. The molecule has 1 aliphatic heterocycles. The first-order valence-electron chi connectivity index (χ1n) is 8.71. The van der Waals surface area contributed by atoms with Crippen molar-refractivity contribution in [1.29, 1.82) is 0 Å². The molecular formula is C18H19ClN4O2S. The molecule has 0 radical (unpaired) electrons. The molecule has 8 heteroatoms. The van der Waals surface area contributed by atoms with E-state index in [-0.39, 0.29) is 5.91 Å². The second-order valence-corrected chi connectivity index (χ2v) is 8.05. The van der Waals surface area contributed by atoms with Gasteiger partial charge in [0.15, 0.2) is 5.82 Å². The summed E-state index contributed by atoms with van der Waals surface area (Å²) in [4.78, 5) is 23.2. The SMILES string of the molecule is Cc1noc(CCC(=O)N2CCC(c3nc4cc(Cl)ccc4s3)CC2)n1. The quantitative estimate of drug-likeness (QED) is 0.673. The van der Waals surface area contributed by atoms with Gasteiger partial charge >= 0.3 is 0 Å². The molecule has 0 atom stereocenters. The average Bonchev–Trinajstić information content (AvgIpc) is 3.25. The van der Waals surface area contributed by atoms with Crippen molar-refractivity contribution in [3.05, 3.63) is 39.9 Å². The first-order valence-corrected chi connectivity index (χ1v) is 9.91. The maximum absolute atomic E-state index is 12.4. The van der Waals surface area contributed by atoms with Crippen molar-refractivity contribution in [2.24, 2.45) is 0 Å². The van der Waals surface area contributed by atoms with Gasteiger partial charge in [0.05, 0.1) is 15.2 Å². The van der Waals surface area contributed by atoms with Crippen LogP contribution in [0.5, 0.6) is 0 Å². The van der Waals surface area contributed by atoms with Crippen LogP contribution in [0.1, 0.15) is 41.9 Å². The zero-order valence-electron chi connectivity index (χ0n) is 14.4. The normalized spacial score (nSPS) is 15.7.